The van der Waals surface area contributed by atoms with Crippen LogP contribution in [0.1, 0.15) is 12.8 Å². The zero-order valence-electron chi connectivity index (χ0n) is 8.56. The van der Waals surface area contributed by atoms with Crippen molar-refractivity contribution in [2.75, 3.05) is 13.2 Å². The van der Waals surface area contributed by atoms with Crippen molar-refractivity contribution in [2.24, 2.45) is 0 Å². The van der Waals surface area contributed by atoms with Gasteiger partial charge in [-0.05, 0) is 18.9 Å². The van der Waals surface area contributed by atoms with Gasteiger partial charge in [-0.3, -0.25) is 10.1 Å². The molecule has 0 unspecified atom stereocenters. The van der Waals surface area contributed by atoms with E-state index in [4.69, 9.17) is 9.84 Å². The van der Waals surface area contributed by atoms with E-state index in [0.717, 1.165) is 6.42 Å². The summed E-state index contributed by atoms with van der Waals surface area (Å²) in [4.78, 5) is 10.1. The summed E-state index contributed by atoms with van der Waals surface area (Å²) in [5, 5.41) is 19.1. The molecule has 0 spiro atoms. The Morgan fingerprint density at radius 3 is 2.75 bits per heavy atom. The van der Waals surface area contributed by atoms with Crippen molar-refractivity contribution in [3.8, 4) is 5.75 Å². The van der Waals surface area contributed by atoms with Crippen LogP contribution in [-0.4, -0.2) is 23.2 Å². The number of non-ortho nitro benzene ring substituents is 1. The van der Waals surface area contributed by atoms with Gasteiger partial charge in [0.1, 0.15) is 5.75 Å². The molecule has 0 aliphatic heterocycles. The molecule has 1 aromatic carbocycles. The zero-order chi connectivity index (χ0) is 12.0. The maximum absolute atomic E-state index is 10.6. The molecule has 0 amide bonds. The molecule has 0 radical (unpaired) electrons. The molecule has 1 N–H and O–H groups in total. The first-order chi connectivity index (χ1) is 7.63. The molecule has 0 aliphatic carbocycles. The number of nitrogens with zero attached hydrogens (tertiary/aromatic N) is 1. The first-order valence-corrected chi connectivity index (χ1v) is 5.61. The van der Waals surface area contributed by atoms with Crippen LogP contribution in [0.3, 0.4) is 0 Å². The molecule has 0 bridgehead atoms. The Kier molecular flexibility index (Phi) is 5.21. The lowest BCUT2D eigenvalue weighted by atomic mass is 10.3. The van der Waals surface area contributed by atoms with Crippen LogP contribution in [0.4, 0.5) is 5.69 Å². The van der Waals surface area contributed by atoms with E-state index in [2.05, 4.69) is 15.9 Å². The fourth-order valence-electron chi connectivity index (χ4n) is 1.14. The average Bonchev–Trinajstić information content (AvgIpc) is 2.23. The van der Waals surface area contributed by atoms with Gasteiger partial charge in [-0.15, -0.1) is 0 Å². The molecule has 0 atom stereocenters. The minimum atomic E-state index is -0.467. The van der Waals surface area contributed by atoms with Crippen LogP contribution in [-0.2, 0) is 0 Å². The van der Waals surface area contributed by atoms with Crippen molar-refractivity contribution >= 4 is 21.6 Å². The van der Waals surface area contributed by atoms with Crippen molar-refractivity contribution in [1.82, 2.24) is 0 Å². The summed E-state index contributed by atoms with van der Waals surface area (Å²) in [5.41, 5.74) is -0.00784. The van der Waals surface area contributed by atoms with Crippen molar-refractivity contribution in [3.63, 3.8) is 0 Å². The number of halogens is 1. The fourth-order valence-corrected chi connectivity index (χ4v) is 1.60. The second-order valence-electron chi connectivity index (χ2n) is 3.18. The maximum atomic E-state index is 10.6. The van der Waals surface area contributed by atoms with E-state index in [1.54, 1.807) is 6.07 Å². The van der Waals surface area contributed by atoms with E-state index in [1.165, 1.54) is 12.1 Å². The van der Waals surface area contributed by atoms with E-state index in [-0.39, 0.29) is 12.3 Å². The minimum Gasteiger partial charge on any atom is -0.493 e. The summed E-state index contributed by atoms with van der Waals surface area (Å²) >= 11 is 3.18. The van der Waals surface area contributed by atoms with E-state index in [9.17, 15) is 10.1 Å². The largest absolute Gasteiger partial charge is 0.493 e. The van der Waals surface area contributed by atoms with Crippen molar-refractivity contribution in [3.05, 3.63) is 32.8 Å². The Balaban J connectivity index is 2.62. The third kappa shape index (κ3) is 4.16. The zero-order valence-corrected chi connectivity index (χ0v) is 10.1. The number of unbranched alkanes of at least 4 members (excludes halogenated alkanes) is 1. The molecule has 1 aromatic rings. The molecule has 0 saturated heterocycles. The topological polar surface area (TPSA) is 72.6 Å². The van der Waals surface area contributed by atoms with Crippen molar-refractivity contribution < 1.29 is 14.8 Å². The minimum absolute atomic E-state index is 0.00784. The number of aliphatic hydroxyl groups excluding tert-OH is 1. The van der Waals surface area contributed by atoms with Crippen LogP contribution in [0.5, 0.6) is 5.75 Å². The van der Waals surface area contributed by atoms with E-state index < -0.39 is 4.92 Å². The smallest absolute Gasteiger partial charge is 0.274 e. The van der Waals surface area contributed by atoms with Gasteiger partial charge in [-0.25, -0.2) is 0 Å². The van der Waals surface area contributed by atoms with E-state index in [1.807, 2.05) is 0 Å². The molecule has 0 aromatic heterocycles. The number of hydrogen-bond acceptors (Lipinski definition) is 4. The van der Waals surface area contributed by atoms with Crippen LogP contribution in [0.25, 0.3) is 0 Å². The summed E-state index contributed by atoms with van der Waals surface area (Å²) in [6.07, 6.45) is 1.38. The highest BCUT2D eigenvalue weighted by molar-refractivity contribution is 9.10. The number of hydrogen-bond donors (Lipinski definition) is 1. The lowest BCUT2D eigenvalue weighted by Crippen LogP contribution is -1.99. The van der Waals surface area contributed by atoms with Crippen LogP contribution < -0.4 is 4.74 Å². The van der Waals surface area contributed by atoms with Gasteiger partial charge in [0.15, 0.2) is 0 Å². The Morgan fingerprint density at radius 2 is 2.12 bits per heavy atom. The number of rotatable bonds is 6. The molecule has 0 aliphatic rings. The molecule has 0 heterocycles. The van der Waals surface area contributed by atoms with Crippen LogP contribution in [0.15, 0.2) is 22.7 Å². The van der Waals surface area contributed by atoms with Gasteiger partial charge in [-0.2, -0.15) is 0 Å². The van der Waals surface area contributed by atoms with Crippen LogP contribution >= 0.6 is 15.9 Å². The molecular weight excluding hydrogens is 278 g/mol. The first-order valence-electron chi connectivity index (χ1n) is 4.82. The van der Waals surface area contributed by atoms with E-state index in [0.29, 0.717) is 23.2 Å². The summed E-state index contributed by atoms with van der Waals surface area (Å²) < 4.78 is 5.94. The third-order valence-electron chi connectivity index (χ3n) is 1.89. The Bertz CT molecular complexity index is 370. The second-order valence-corrected chi connectivity index (χ2v) is 4.10. The van der Waals surface area contributed by atoms with Gasteiger partial charge in [-0.1, -0.05) is 15.9 Å². The molecule has 0 fully saturated rings. The number of nitro groups is 1. The number of aliphatic hydroxyl groups is 1. The highest BCUT2D eigenvalue weighted by atomic mass is 79.9. The van der Waals surface area contributed by atoms with Gasteiger partial charge in [0.2, 0.25) is 0 Å². The lowest BCUT2D eigenvalue weighted by molar-refractivity contribution is -0.385. The van der Waals surface area contributed by atoms with Gasteiger partial charge in [0, 0.05) is 17.1 Å². The fraction of sp³-hybridized carbons (Fsp3) is 0.400. The highest BCUT2D eigenvalue weighted by Gasteiger charge is 2.09. The normalized spacial score (nSPS) is 10.1. The van der Waals surface area contributed by atoms with Crippen LogP contribution in [0.2, 0.25) is 0 Å². The average molecular weight is 290 g/mol. The van der Waals surface area contributed by atoms with Crippen molar-refractivity contribution in [1.29, 1.82) is 0 Å². The Morgan fingerprint density at radius 1 is 1.38 bits per heavy atom. The Hall–Kier alpha value is -1.14. The molecule has 1 rings (SSSR count). The summed E-state index contributed by atoms with van der Waals surface area (Å²) in [7, 11) is 0. The van der Waals surface area contributed by atoms with Gasteiger partial charge in [0.25, 0.3) is 5.69 Å². The summed E-state index contributed by atoms with van der Waals surface area (Å²) in [6.45, 7) is 0.566. The predicted molar refractivity (Wildman–Crippen MR) is 62.6 cm³/mol. The number of ether oxygens (including phenoxy) is 1. The van der Waals surface area contributed by atoms with Crippen molar-refractivity contribution in [2.45, 2.75) is 12.8 Å². The summed E-state index contributed by atoms with van der Waals surface area (Å²) in [6, 6.07) is 4.47. The first kappa shape index (κ1) is 12.9. The molecular formula is C10H12BrNO4. The molecule has 88 valence electrons. The lowest BCUT2D eigenvalue weighted by Gasteiger charge is -2.05. The quantitative estimate of drug-likeness (QED) is 0.496. The number of benzene rings is 1. The van der Waals surface area contributed by atoms with Gasteiger partial charge >= 0.3 is 0 Å². The predicted octanol–water partition coefficient (Wildman–Crippen LogP) is 2.51. The SMILES string of the molecule is O=[N+]([O-])c1cc(Br)cc(OCCCCO)c1. The maximum Gasteiger partial charge on any atom is 0.274 e. The molecule has 6 heteroatoms. The third-order valence-corrected chi connectivity index (χ3v) is 2.35. The van der Waals surface area contributed by atoms with Gasteiger partial charge in [0.05, 0.1) is 17.6 Å². The van der Waals surface area contributed by atoms with Crippen LogP contribution in [0, 0.1) is 10.1 Å². The summed E-state index contributed by atoms with van der Waals surface area (Å²) in [5.74, 6) is 0.457. The van der Waals surface area contributed by atoms with E-state index >= 15 is 0 Å². The Labute approximate surface area is 101 Å². The molecule has 5 nitrogen and oxygen atoms in total. The number of nitro benzene ring substituents is 1. The molecule has 16 heavy (non-hydrogen) atoms. The second kappa shape index (κ2) is 6.44. The monoisotopic (exact) mass is 289 g/mol. The highest BCUT2D eigenvalue weighted by Crippen LogP contribution is 2.26. The van der Waals surface area contributed by atoms with Gasteiger partial charge < -0.3 is 9.84 Å². The molecule has 0 saturated carbocycles. The standard InChI is InChI=1S/C10H12BrNO4/c11-8-5-9(12(14)15)7-10(6-8)16-4-2-1-3-13/h5-7,13H,1-4H2.